The summed E-state index contributed by atoms with van der Waals surface area (Å²) in [4.78, 5) is 21.8. The highest BCUT2D eigenvalue weighted by atomic mass is 79.9. The van der Waals surface area contributed by atoms with Crippen LogP contribution in [-0.4, -0.2) is 17.9 Å². The molecule has 0 fully saturated rings. The first-order chi connectivity index (χ1) is 7.70. The number of rotatable bonds is 2. The first-order valence-corrected chi connectivity index (χ1v) is 5.19. The number of anilines is 1. The standard InChI is InChI=1S/C10H7BrF3NO2/c1-5(16)6-2-7(11)4-8(3-6)15-9(17)10(12,13)14/h2-4H,1H3,(H,15,17). The average molecular weight is 310 g/mol. The Hall–Kier alpha value is -1.37. The van der Waals surface area contributed by atoms with Crippen LogP contribution in [0.3, 0.4) is 0 Å². The van der Waals surface area contributed by atoms with E-state index in [1.54, 1.807) is 5.32 Å². The van der Waals surface area contributed by atoms with Crippen LogP contribution in [0.5, 0.6) is 0 Å². The van der Waals surface area contributed by atoms with E-state index < -0.39 is 12.1 Å². The number of hydrogen-bond donors (Lipinski definition) is 1. The van der Waals surface area contributed by atoms with Crippen LogP contribution < -0.4 is 5.32 Å². The zero-order chi connectivity index (χ0) is 13.2. The molecule has 0 spiro atoms. The SMILES string of the molecule is CC(=O)c1cc(Br)cc(NC(=O)C(F)(F)F)c1. The first-order valence-electron chi connectivity index (χ1n) is 4.40. The van der Waals surface area contributed by atoms with Gasteiger partial charge in [-0.15, -0.1) is 0 Å². The fraction of sp³-hybridized carbons (Fsp3) is 0.200. The summed E-state index contributed by atoms with van der Waals surface area (Å²) in [6.07, 6.45) is -4.96. The number of amides is 1. The summed E-state index contributed by atoms with van der Waals surface area (Å²) in [6.45, 7) is 1.27. The molecule has 3 nitrogen and oxygen atoms in total. The Morgan fingerprint density at radius 2 is 1.82 bits per heavy atom. The lowest BCUT2D eigenvalue weighted by molar-refractivity contribution is -0.167. The molecule has 1 amide bonds. The van der Waals surface area contributed by atoms with Gasteiger partial charge in [0.05, 0.1) is 0 Å². The number of halogens is 4. The van der Waals surface area contributed by atoms with E-state index >= 15 is 0 Å². The molecule has 1 aromatic rings. The number of Topliss-reactive ketones (excluding diaryl/α,β-unsaturated/α-hetero) is 1. The van der Waals surface area contributed by atoms with Gasteiger partial charge in [-0.25, -0.2) is 0 Å². The summed E-state index contributed by atoms with van der Waals surface area (Å²) < 4.78 is 36.4. The topological polar surface area (TPSA) is 46.2 Å². The molecule has 0 aliphatic heterocycles. The summed E-state index contributed by atoms with van der Waals surface area (Å²) >= 11 is 3.04. The van der Waals surface area contributed by atoms with Crippen molar-refractivity contribution in [3.8, 4) is 0 Å². The molecule has 0 aromatic heterocycles. The van der Waals surface area contributed by atoms with Crippen molar-refractivity contribution in [3.05, 3.63) is 28.2 Å². The van der Waals surface area contributed by atoms with Crippen LogP contribution in [0.15, 0.2) is 22.7 Å². The Morgan fingerprint density at radius 3 is 2.29 bits per heavy atom. The highest BCUT2D eigenvalue weighted by Gasteiger charge is 2.38. The molecule has 0 heterocycles. The van der Waals surface area contributed by atoms with E-state index in [0.717, 1.165) is 0 Å². The average Bonchev–Trinajstić information content (AvgIpc) is 2.14. The van der Waals surface area contributed by atoms with Crippen LogP contribution in [0.25, 0.3) is 0 Å². The van der Waals surface area contributed by atoms with Crippen molar-refractivity contribution in [2.45, 2.75) is 13.1 Å². The van der Waals surface area contributed by atoms with Gasteiger partial charge < -0.3 is 5.32 Å². The van der Waals surface area contributed by atoms with Crippen LogP contribution in [0.1, 0.15) is 17.3 Å². The second-order valence-corrected chi connectivity index (χ2v) is 4.15. The fourth-order valence-corrected chi connectivity index (χ4v) is 1.56. The lowest BCUT2D eigenvalue weighted by Crippen LogP contribution is -2.29. The Kier molecular flexibility index (Phi) is 3.92. The van der Waals surface area contributed by atoms with E-state index in [9.17, 15) is 22.8 Å². The van der Waals surface area contributed by atoms with Gasteiger partial charge in [0.1, 0.15) is 0 Å². The number of hydrogen-bond acceptors (Lipinski definition) is 2. The first kappa shape index (κ1) is 13.7. The summed E-state index contributed by atoms with van der Waals surface area (Å²) in [7, 11) is 0. The van der Waals surface area contributed by atoms with Gasteiger partial charge in [-0.2, -0.15) is 13.2 Å². The minimum absolute atomic E-state index is 0.0908. The number of carbonyl (C=O) groups is 2. The third-order valence-electron chi connectivity index (χ3n) is 1.82. The van der Waals surface area contributed by atoms with Crippen LogP contribution in [-0.2, 0) is 4.79 Å². The van der Waals surface area contributed by atoms with Gasteiger partial charge in [0, 0.05) is 15.7 Å². The second kappa shape index (κ2) is 4.87. The molecule has 0 saturated carbocycles. The molecule has 1 rings (SSSR count). The summed E-state index contributed by atoms with van der Waals surface area (Å²) in [5.74, 6) is -2.39. The van der Waals surface area contributed by atoms with Crippen LogP contribution >= 0.6 is 15.9 Å². The van der Waals surface area contributed by atoms with Crippen molar-refractivity contribution < 1.29 is 22.8 Å². The number of ketones is 1. The Balaban J connectivity index is 3.00. The monoisotopic (exact) mass is 309 g/mol. The normalized spacial score (nSPS) is 11.1. The van der Waals surface area contributed by atoms with Crippen molar-refractivity contribution in [2.75, 3.05) is 5.32 Å². The molecule has 7 heteroatoms. The van der Waals surface area contributed by atoms with E-state index in [-0.39, 0.29) is 17.0 Å². The molecule has 0 aliphatic rings. The Morgan fingerprint density at radius 1 is 1.24 bits per heavy atom. The van der Waals surface area contributed by atoms with Crippen LogP contribution in [0.2, 0.25) is 0 Å². The third-order valence-corrected chi connectivity index (χ3v) is 2.28. The van der Waals surface area contributed by atoms with Crippen molar-refractivity contribution >= 4 is 33.3 Å². The van der Waals surface area contributed by atoms with Gasteiger partial charge in [0.2, 0.25) is 0 Å². The Labute approximate surface area is 103 Å². The zero-order valence-corrected chi connectivity index (χ0v) is 10.1. The molecule has 1 aromatic carbocycles. The minimum atomic E-state index is -4.96. The van der Waals surface area contributed by atoms with Crippen molar-refractivity contribution in [3.63, 3.8) is 0 Å². The third kappa shape index (κ3) is 3.85. The molecule has 92 valence electrons. The van der Waals surface area contributed by atoms with Gasteiger partial charge in [-0.05, 0) is 25.1 Å². The van der Waals surface area contributed by atoms with Gasteiger partial charge in [0.15, 0.2) is 5.78 Å². The van der Waals surface area contributed by atoms with Crippen LogP contribution in [0.4, 0.5) is 18.9 Å². The molecular weight excluding hydrogens is 303 g/mol. The van der Waals surface area contributed by atoms with E-state index in [1.165, 1.54) is 25.1 Å². The zero-order valence-electron chi connectivity index (χ0n) is 8.56. The number of nitrogens with one attached hydrogen (secondary N) is 1. The largest absolute Gasteiger partial charge is 0.471 e. The molecule has 1 N–H and O–H groups in total. The number of benzene rings is 1. The van der Waals surface area contributed by atoms with Crippen molar-refractivity contribution in [1.29, 1.82) is 0 Å². The molecule has 0 radical (unpaired) electrons. The molecule has 0 saturated heterocycles. The number of alkyl halides is 3. The highest BCUT2D eigenvalue weighted by molar-refractivity contribution is 9.10. The lowest BCUT2D eigenvalue weighted by atomic mass is 10.1. The second-order valence-electron chi connectivity index (χ2n) is 3.24. The van der Waals surface area contributed by atoms with E-state index in [0.29, 0.717) is 4.47 Å². The molecule has 0 atom stereocenters. The Bertz CT molecular complexity index is 471. The van der Waals surface area contributed by atoms with E-state index in [1.807, 2.05) is 0 Å². The smallest absolute Gasteiger partial charge is 0.318 e. The summed E-state index contributed by atoms with van der Waals surface area (Å²) in [5.41, 5.74) is 0.115. The van der Waals surface area contributed by atoms with Gasteiger partial charge in [0.25, 0.3) is 0 Å². The fourth-order valence-electron chi connectivity index (χ4n) is 1.07. The minimum Gasteiger partial charge on any atom is -0.318 e. The van der Waals surface area contributed by atoms with Crippen LogP contribution in [0, 0.1) is 0 Å². The van der Waals surface area contributed by atoms with E-state index in [4.69, 9.17) is 0 Å². The molecule has 0 unspecified atom stereocenters. The van der Waals surface area contributed by atoms with Gasteiger partial charge >= 0.3 is 12.1 Å². The highest BCUT2D eigenvalue weighted by Crippen LogP contribution is 2.23. The molecular formula is C10H7BrF3NO2. The maximum atomic E-state index is 12.0. The van der Waals surface area contributed by atoms with Gasteiger partial charge in [-0.1, -0.05) is 15.9 Å². The maximum absolute atomic E-state index is 12.0. The van der Waals surface area contributed by atoms with Gasteiger partial charge in [-0.3, -0.25) is 9.59 Å². The predicted molar refractivity (Wildman–Crippen MR) is 58.8 cm³/mol. The lowest BCUT2D eigenvalue weighted by Gasteiger charge is -2.09. The molecule has 0 bridgehead atoms. The quantitative estimate of drug-likeness (QED) is 0.853. The van der Waals surface area contributed by atoms with Crippen molar-refractivity contribution in [1.82, 2.24) is 0 Å². The summed E-state index contributed by atoms with van der Waals surface area (Å²) in [6, 6.07) is 3.90. The number of carbonyl (C=O) groups excluding carboxylic acids is 2. The molecule has 0 aliphatic carbocycles. The van der Waals surface area contributed by atoms with Crippen molar-refractivity contribution in [2.24, 2.45) is 0 Å². The van der Waals surface area contributed by atoms with E-state index in [2.05, 4.69) is 15.9 Å². The predicted octanol–water partition coefficient (Wildman–Crippen LogP) is 3.15. The summed E-state index contributed by atoms with van der Waals surface area (Å²) in [5, 5.41) is 1.67. The molecule has 17 heavy (non-hydrogen) atoms. The maximum Gasteiger partial charge on any atom is 0.471 e.